The van der Waals surface area contributed by atoms with E-state index in [-0.39, 0.29) is 21.7 Å². The van der Waals surface area contributed by atoms with Crippen LogP contribution in [0.1, 0.15) is 27.4 Å². The molecule has 3 nitrogen and oxygen atoms in total. The van der Waals surface area contributed by atoms with Gasteiger partial charge in [0, 0.05) is 11.5 Å². The van der Waals surface area contributed by atoms with Crippen LogP contribution >= 0.6 is 11.8 Å². The van der Waals surface area contributed by atoms with Crippen LogP contribution in [0.5, 0.6) is 0 Å². The van der Waals surface area contributed by atoms with E-state index in [9.17, 15) is 27.6 Å². The van der Waals surface area contributed by atoms with Crippen LogP contribution in [0.2, 0.25) is 0 Å². The molecular weight excluding hydrogens is 380 g/mol. The lowest BCUT2D eigenvalue weighted by Crippen LogP contribution is -2.25. The Kier molecular flexibility index (Phi) is 4.98. The van der Waals surface area contributed by atoms with Crippen molar-refractivity contribution in [3.05, 3.63) is 81.6 Å². The standard InChI is InChI=1S/C19H12F4N2OS/c20-11-7-5-10(6-8-11)16(26)17-15(13(9-24)18(25)27-17)12-3-1-2-4-14(12)19(21,22)23/h1-8,15,17H,25H2/t15-,17-/m0/s1. The lowest BCUT2D eigenvalue weighted by Gasteiger charge is -2.22. The summed E-state index contributed by atoms with van der Waals surface area (Å²) in [7, 11) is 0. The minimum absolute atomic E-state index is 0.0138. The molecule has 1 aliphatic rings. The summed E-state index contributed by atoms with van der Waals surface area (Å²) in [5.74, 6) is -2.20. The van der Waals surface area contributed by atoms with Gasteiger partial charge in [0.05, 0.1) is 27.5 Å². The SMILES string of the molecule is N#CC1=C(N)S[C@H](C(=O)c2ccc(F)cc2)[C@H]1c1ccccc1C(F)(F)F. The number of carbonyl (C=O) groups is 1. The van der Waals surface area contributed by atoms with Crippen LogP contribution in [-0.4, -0.2) is 11.0 Å². The van der Waals surface area contributed by atoms with Gasteiger partial charge in [-0.1, -0.05) is 30.0 Å². The first-order chi connectivity index (χ1) is 12.7. The molecule has 0 fully saturated rings. The van der Waals surface area contributed by atoms with E-state index in [1.807, 2.05) is 6.07 Å². The van der Waals surface area contributed by atoms with E-state index in [1.54, 1.807) is 0 Å². The van der Waals surface area contributed by atoms with Crippen molar-refractivity contribution in [2.24, 2.45) is 5.73 Å². The molecular formula is C19H12F4N2OS. The zero-order valence-electron chi connectivity index (χ0n) is 13.6. The molecule has 1 heterocycles. The van der Waals surface area contributed by atoms with Crippen LogP contribution in [0.3, 0.4) is 0 Å². The van der Waals surface area contributed by atoms with Gasteiger partial charge in [0.1, 0.15) is 5.82 Å². The van der Waals surface area contributed by atoms with Crippen molar-refractivity contribution >= 4 is 17.5 Å². The quantitative estimate of drug-likeness (QED) is 0.611. The van der Waals surface area contributed by atoms with Gasteiger partial charge in [-0.15, -0.1) is 0 Å². The number of carbonyl (C=O) groups excluding carboxylic acids is 1. The third-order valence-electron chi connectivity index (χ3n) is 4.24. The molecule has 138 valence electrons. The number of halogens is 4. The number of ketones is 1. The first kappa shape index (κ1) is 19.0. The molecule has 0 aromatic heterocycles. The van der Waals surface area contributed by atoms with Crippen molar-refractivity contribution in [2.45, 2.75) is 17.3 Å². The summed E-state index contributed by atoms with van der Waals surface area (Å²) < 4.78 is 53.5. The summed E-state index contributed by atoms with van der Waals surface area (Å²) in [5, 5.41) is 8.39. The highest BCUT2D eigenvalue weighted by atomic mass is 32.2. The van der Waals surface area contributed by atoms with Gasteiger partial charge in [-0.2, -0.15) is 18.4 Å². The van der Waals surface area contributed by atoms with Crippen molar-refractivity contribution in [3.63, 3.8) is 0 Å². The second-order valence-electron chi connectivity index (χ2n) is 5.86. The number of hydrogen-bond donors (Lipinski definition) is 1. The van der Waals surface area contributed by atoms with Gasteiger partial charge in [0.25, 0.3) is 0 Å². The zero-order chi connectivity index (χ0) is 19.8. The highest BCUT2D eigenvalue weighted by Gasteiger charge is 2.45. The van der Waals surface area contributed by atoms with Crippen molar-refractivity contribution < 1.29 is 22.4 Å². The fourth-order valence-electron chi connectivity index (χ4n) is 3.03. The Bertz CT molecular complexity index is 961. The number of allylic oxidation sites excluding steroid dienone is 1. The van der Waals surface area contributed by atoms with Crippen molar-refractivity contribution in [1.82, 2.24) is 0 Å². The molecule has 0 radical (unpaired) electrons. The number of Topliss-reactive ketones (excluding diaryl/α,β-unsaturated/α-hetero) is 1. The van der Waals surface area contributed by atoms with E-state index >= 15 is 0 Å². The summed E-state index contributed by atoms with van der Waals surface area (Å²) in [6.45, 7) is 0. The van der Waals surface area contributed by atoms with E-state index in [4.69, 9.17) is 5.73 Å². The molecule has 0 unspecified atom stereocenters. The van der Waals surface area contributed by atoms with E-state index in [0.29, 0.717) is 0 Å². The third-order valence-corrected chi connectivity index (χ3v) is 5.46. The molecule has 0 saturated carbocycles. The van der Waals surface area contributed by atoms with Crippen molar-refractivity contribution in [1.29, 1.82) is 5.26 Å². The molecule has 0 bridgehead atoms. The Morgan fingerprint density at radius 1 is 1.11 bits per heavy atom. The average molecular weight is 392 g/mol. The number of hydrogen-bond acceptors (Lipinski definition) is 4. The Hall–Kier alpha value is -2.79. The predicted molar refractivity (Wildman–Crippen MR) is 93.1 cm³/mol. The number of benzene rings is 2. The Balaban J connectivity index is 2.11. The summed E-state index contributed by atoms with van der Waals surface area (Å²) in [4.78, 5) is 12.9. The second kappa shape index (κ2) is 7.08. The monoisotopic (exact) mass is 392 g/mol. The summed E-state index contributed by atoms with van der Waals surface area (Å²) >= 11 is 0.852. The maximum atomic E-state index is 13.5. The molecule has 0 spiro atoms. The topological polar surface area (TPSA) is 66.9 Å². The van der Waals surface area contributed by atoms with Gasteiger partial charge in [-0.3, -0.25) is 4.79 Å². The number of nitrogens with two attached hydrogens (primary N) is 1. The van der Waals surface area contributed by atoms with Crippen molar-refractivity contribution in [2.75, 3.05) is 0 Å². The maximum absolute atomic E-state index is 13.5. The highest BCUT2D eigenvalue weighted by Crippen LogP contribution is 2.49. The van der Waals surface area contributed by atoms with Crippen LogP contribution in [0.4, 0.5) is 17.6 Å². The minimum Gasteiger partial charge on any atom is -0.393 e. The third kappa shape index (κ3) is 3.55. The van der Waals surface area contributed by atoms with Gasteiger partial charge in [0.15, 0.2) is 5.78 Å². The smallest absolute Gasteiger partial charge is 0.393 e. The Labute approximate surface area is 156 Å². The number of rotatable bonds is 3. The summed E-state index contributed by atoms with van der Waals surface area (Å²) in [6, 6.07) is 11.3. The molecule has 8 heteroatoms. The highest BCUT2D eigenvalue weighted by molar-refractivity contribution is 8.04. The molecule has 3 rings (SSSR count). The molecule has 2 aromatic rings. The lowest BCUT2D eigenvalue weighted by atomic mass is 9.83. The van der Waals surface area contributed by atoms with E-state index in [0.717, 1.165) is 30.0 Å². The molecule has 0 amide bonds. The summed E-state index contributed by atoms with van der Waals surface area (Å²) in [6.07, 6.45) is -4.65. The number of thioether (sulfide) groups is 1. The fourth-order valence-corrected chi connectivity index (χ4v) is 4.26. The van der Waals surface area contributed by atoms with Crippen LogP contribution in [0.25, 0.3) is 0 Å². The first-order valence-electron chi connectivity index (χ1n) is 7.76. The zero-order valence-corrected chi connectivity index (χ0v) is 14.4. The Morgan fingerprint density at radius 3 is 2.33 bits per heavy atom. The van der Waals surface area contributed by atoms with Crippen LogP contribution < -0.4 is 5.73 Å². The molecule has 0 aliphatic carbocycles. The molecule has 27 heavy (non-hydrogen) atoms. The molecule has 2 aromatic carbocycles. The molecule has 1 aliphatic heterocycles. The molecule has 0 saturated heterocycles. The van der Waals surface area contributed by atoms with Gasteiger partial charge >= 0.3 is 6.18 Å². The lowest BCUT2D eigenvalue weighted by molar-refractivity contribution is -0.138. The van der Waals surface area contributed by atoms with Crippen LogP contribution in [0.15, 0.2) is 59.1 Å². The summed E-state index contributed by atoms with van der Waals surface area (Å²) in [5.41, 5.74) is 4.79. The maximum Gasteiger partial charge on any atom is 0.416 e. The van der Waals surface area contributed by atoms with Crippen LogP contribution in [0, 0.1) is 17.1 Å². The molecule has 2 N–H and O–H groups in total. The number of nitrogens with zero attached hydrogens (tertiary/aromatic N) is 1. The van der Waals surface area contributed by atoms with Gasteiger partial charge in [-0.05, 0) is 35.9 Å². The van der Waals surface area contributed by atoms with Gasteiger partial charge in [0.2, 0.25) is 0 Å². The largest absolute Gasteiger partial charge is 0.416 e. The van der Waals surface area contributed by atoms with Gasteiger partial charge in [-0.25, -0.2) is 4.39 Å². The first-order valence-corrected chi connectivity index (χ1v) is 8.64. The fraction of sp³-hybridized carbons (Fsp3) is 0.158. The van der Waals surface area contributed by atoms with E-state index in [2.05, 4.69) is 0 Å². The number of nitriles is 1. The molecule has 2 atom stereocenters. The number of alkyl halides is 3. The predicted octanol–water partition coefficient (Wildman–Crippen LogP) is 4.62. The van der Waals surface area contributed by atoms with Gasteiger partial charge < -0.3 is 5.73 Å². The van der Waals surface area contributed by atoms with Crippen molar-refractivity contribution in [3.8, 4) is 6.07 Å². The average Bonchev–Trinajstić information content (AvgIpc) is 2.97. The van der Waals surface area contributed by atoms with E-state index < -0.39 is 34.5 Å². The Morgan fingerprint density at radius 2 is 1.74 bits per heavy atom. The second-order valence-corrected chi connectivity index (χ2v) is 7.05. The normalized spacial score (nSPS) is 19.8. The van der Waals surface area contributed by atoms with Crippen LogP contribution in [-0.2, 0) is 6.18 Å². The minimum atomic E-state index is -4.65. The van der Waals surface area contributed by atoms with E-state index in [1.165, 1.54) is 30.3 Å².